The molecule has 1 aromatic rings. The highest BCUT2D eigenvalue weighted by Crippen LogP contribution is 2.46. The SMILES string of the molecule is CCCC[C@H]1CC[C@H]([C@H]2CC[C@H](C3CCC(CCc4ccc(CF)cc4)CC3)CC2)CC1. The third kappa shape index (κ3) is 6.83. The van der Waals surface area contributed by atoms with E-state index >= 15 is 0 Å². The molecule has 0 nitrogen and oxygen atoms in total. The number of alkyl halides is 1. The summed E-state index contributed by atoms with van der Waals surface area (Å²) in [6.45, 7) is 2.00. The fourth-order valence-electron chi connectivity index (χ4n) is 7.64. The molecule has 0 spiro atoms. The molecule has 3 aliphatic carbocycles. The predicted octanol–water partition coefficient (Wildman–Crippen LogP) is 9.70. The average Bonchev–Trinajstić information content (AvgIpc) is 2.87. The van der Waals surface area contributed by atoms with Crippen LogP contribution in [0.15, 0.2) is 24.3 Å². The fraction of sp³-hybridized carbons (Fsp3) is 0.806. The number of rotatable bonds is 9. The van der Waals surface area contributed by atoms with Crippen LogP contribution in [0.4, 0.5) is 4.39 Å². The Morgan fingerprint density at radius 3 is 1.44 bits per heavy atom. The van der Waals surface area contributed by atoms with Crippen LogP contribution in [0.3, 0.4) is 0 Å². The molecule has 0 heterocycles. The molecule has 1 aromatic carbocycles. The second-order valence-corrected chi connectivity index (χ2v) is 11.9. The van der Waals surface area contributed by atoms with Crippen molar-refractivity contribution in [2.75, 3.05) is 0 Å². The Kier molecular flexibility index (Phi) is 9.54. The highest BCUT2D eigenvalue weighted by molar-refractivity contribution is 5.22. The van der Waals surface area contributed by atoms with Gasteiger partial charge >= 0.3 is 0 Å². The van der Waals surface area contributed by atoms with Crippen LogP contribution in [-0.4, -0.2) is 0 Å². The standard InChI is InChI=1S/C31H49F/c1-2-3-4-24-11-15-28(16-12-24)30-19-21-31(22-20-30)29-17-13-26(14-18-29)6-5-25-7-9-27(23-32)10-8-25/h7-10,24,26,28-31H,2-6,11-23H2,1H3/t24-,26?,28-,29?,30-,31-. The molecule has 1 heteroatoms. The van der Waals surface area contributed by atoms with Gasteiger partial charge in [0.1, 0.15) is 6.67 Å². The Morgan fingerprint density at radius 2 is 1.00 bits per heavy atom. The molecule has 3 aliphatic rings. The van der Waals surface area contributed by atoms with E-state index in [0.29, 0.717) is 0 Å². The van der Waals surface area contributed by atoms with Crippen LogP contribution in [0.2, 0.25) is 0 Å². The second-order valence-electron chi connectivity index (χ2n) is 11.9. The minimum atomic E-state index is -0.341. The van der Waals surface area contributed by atoms with Crippen molar-refractivity contribution in [2.24, 2.45) is 35.5 Å². The summed E-state index contributed by atoms with van der Waals surface area (Å²) in [5, 5.41) is 0. The van der Waals surface area contributed by atoms with Gasteiger partial charge in [-0.25, -0.2) is 4.39 Å². The monoisotopic (exact) mass is 440 g/mol. The third-order valence-electron chi connectivity index (χ3n) is 9.92. The highest BCUT2D eigenvalue weighted by atomic mass is 19.1. The second kappa shape index (κ2) is 12.6. The van der Waals surface area contributed by atoms with E-state index in [9.17, 15) is 4.39 Å². The van der Waals surface area contributed by atoms with E-state index in [2.05, 4.69) is 19.1 Å². The number of benzene rings is 1. The quantitative estimate of drug-likeness (QED) is 0.358. The van der Waals surface area contributed by atoms with Crippen LogP contribution < -0.4 is 0 Å². The van der Waals surface area contributed by atoms with Crippen LogP contribution in [0.1, 0.15) is 121 Å². The molecule has 3 fully saturated rings. The highest BCUT2D eigenvalue weighted by Gasteiger charge is 2.34. The molecule has 0 saturated heterocycles. The molecule has 0 atom stereocenters. The Bertz CT molecular complexity index is 625. The normalized spacial score (nSPS) is 33.8. The number of hydrogen-bond donors (Lipinski definition) is 0. The van der Waals surface area contributed by atoms with Gasteiger partial charge in [0.25, 0.3) is 0 Å². The van der Waals surface area contributed by atoms with E-state index in [4.69, 9.17) is 0 Å². The molecular weight excluding hydrogens is 391 g/mol. The first-order valence-electron chi connectivity index (χ1n) is 14.4. The summed E-state index contributed by atoms with van der Waals surface area (Å²) >= 11 is 0. The van der Waals surface area contributed by atoms with Gasteiger partial charge in [-0.2, -0.15) is 0 Å². The number of unbranched alkanes of at least 4 members (excludes halogenated alkanes) is 1. The van der Waals surface area contributed by atoms with Gasteiger partial charge in [-0.15, -0.1) is 0 Å². The number of aryl methyl sites for hydroxylation is 1. The summed E-state index contributed by atoms with van der Waals surface area (Å²) in [7, 11) is 0. The van der Waals surface area contributed by atoms with E-state index in [1.165, 1.54) is 89.0 Å². The molecule has 0 aromatic heterocycles. The van der Waals surface area contributed by atoms with Crippen molar-refractivity contribution in [1.82, 2.24) is 0 Å². The lowest BCUT2D eigenvalue weighted by atomic mass is 9.64. The zero-order valence-electron chi connectivity index (χ0n) is 20.9. The van der Waals surface area contributed by atoms with Crippen molar-refractivity contribution < 1.29 is 4.39 Å². The van der Waals surface area contributed by atoms with Gasteiger partial charge in [-0.3, -0.25) is 0 Å². The lowest BCUT2D eigenvalue weighted by Crippen LogP contribution is -2.29. The molecule has 0 aliphatic heterocycles. The Labute approximate surface area is 198 Å². The summed E-state index contributed by atoms with van der Waals surface area (Å²) < 4.78 is 12.7. The Morgan fingerprint density at radius 1 is 0.594 bits per heavy atom. The van der Waals surface area contributed by atoms with Crippen LogP contribution in [0, 0.1) is 35.5 Å². The van der Waals surface area contributed by atoms with Gasteiger partial charge in [-0.1, -0.05) is 76.1 Å². The van der Waals surface area contributed by atoms with E-state index in [1.807, 2.05) is 12.1 Å². The first kappa shape index (κ1) is 24.3. The predicted molar refractivity (Wildman–Crippen MR) is 135 cm³/mol. The number of hydrogen-bond acceptors (Lipinski definition) is 0. The summed E-state index contributed by atoms with van der Waals surface area (Å²) in [6, 6.07) is 8.19. The summed E-state index contributed by atoms with van der Waals surface area (Å²) in [5.74, 6) is 6.20. The van der Waals surface area contributed by atoms with Gasteiger partial charge in [0.2, 0.25) is 0 Å². The van der Waals surface area contributed by atoms with Gasteiger partial charge in [0.05, 0.1) is 0 Å². The minimum Gasteiger partial charge on any atom is -0.246 e. The molecule has 32 heavy (non-hydrogen) atoms. The minimum absolute atomic E-state index is 0.341. The Hall–Kier alpha value is -0.850. The molecule has 180 valence electrons. The van der Waals surface area contributed by atoms with Crippen molar-refractivity contribution >= 4 is 0 Å². The lowest BCUT2D eigenvalue weighted by Gasteiger charge is -2.41. The summed E-state index contributed by atoms with van der Waals surface area (Å²) in [6.07, 6.45) is 25.1. The Balaban J connectivity index is 1.11. The van der Waals surface area contributed by atoms with E-state index < -0.39 is 0 Å². The molecule has 3 saturated carbocycles. The zero-order chi connectivity index (χ0) is 22.2. The maximum atomic E-state index is 12.7. The van der Waals surface area contributed by atoms with Crippen molar-refractivity contribution in [3.63, 3.8) is 0 Å². The molecule has 0 unspecified atom stereocenters. The van der Waals surface area contributed by atoms with Crippen LogP contribution in [0.5, 0.6) is 0 Å². The molecule has 0 bridgehead atoms. The van der Waals surface area contributed by atoms with Crippen LogP contribution >= 0.6 is 0 Å². The summed E-state index contributed by atoms with van der Waals surface area (Å²) in [5.41, 5.74) is 2.20. The van der Waals surface area contributed by atoms with Crippen molar-refractivity contribution in [1.29, 1.82) is 0 Å². The smallest absolute Gasteiger partial charge is 0.115 e. The largest absolute Gasteiger partial charge is 0.246 e. The van der Waals surface area contributed by atoms with Crippen LogP contribution in [0.25, 0.3) is 0 Å². The number of halogens is 1. The molecular formula is C31H49F. The van der Waals surface area contributed by atoms with Gasteiger partial charge in [0, 0.05) is 0 Å². The topological polar surface area (TPSA) is 0 Å². The van der Waals surface area contributed by atoms with Gasteiger partial charge in [-0.05, 0) is 111 Å². The van der Waals surface area contributed by atoms with Gasteiger partial charge in [0.15, 0.2) is 0 Å². The van der Waals surface area contributed by atoms with Crippen LogP contribution in [-0.2, 0) is 13.1 Å². The van der Waals surface area contributed by atoms with Crippen molar-refractivity contribution in [2.45, 2.75) is 123 Å². The first-order chi connectivity index (χ1) is 15.7. The van der Waals surface area contributed by atoms with Gasteiger partial charge < -0.3 is 0 Å². The molecule has 0 amide bonds. The maximum Gasteiger partial charge on any atom is 0.115 e. The lowest BCUT2D eigenvalue weighted by molar-refractivity contribution is 0.102. The van der Waals surface area contributed by atoms with E-state index in [1.54, 1.807) is 25.7 Å². The first-order valence-corrected chi connectivity index (χ1v) is 14.4. The average molecular weight is 441 g/mol. The van der Waals surface area contributed by atoms with E-state index in [-0.39, 0.29) is 6.67 Å². The van der Waals surface area contributed by atoms with Crippen molar-refractivity contribution in [3.8, 4) is 0 Å². The zero-order valence-corrected chi connectivity index (χ0v) is 20.9. The molecule has 4 rings (SSSR count). The van der Waals surface area contributed by atoms with E-state index in [0.717, 1.165) is 41.1 Å². The van der Waals surface area contributed by atoms with Crippen molar-refractivity contribution in [3.05, 3.63) is 35.4 Å². The molecule has 0 radical (unpaired) electrons. The maximum absolute atomic E-state index is 12.7. The third-order valence-corrected chi connectivity index (χ3v) is 9.92. The fourth-order valence-corrected chi connectivity index (χ4v) is 7.64. The summed E-state index contributed by atoms with van der Waals surface area (Å²) in [4.78, 5) is 0. The molecule has 0 N–H and O–H groups in total.